The van der Waals surface area contributed by atoms with Crippen molar-refractivity contribution in [1.29, 1.82) is 0 Å². The third kappa shape index (κ3) is 4.03. The van der Waals surface area contributed by atoms with Crippen LogP contribution in [0.5, 0.6) is 0 Å². The summed E-state index contributed by atoms with van der Waals surface area (Å²) >= 11 is 0. The average Bonchev–Trinajstić information content (AvgIpc) is 2.47. The number of nitrogen functional groups attached to an aromatic ring is 1. The Hall–Kier alpha value is -2.40. The van der Waals surface area contributed by atoms with Gasteiger partial charge in [-0.15, -0.1) is 0 Å². The predicted octanol–water partition coefficient (Wildman–Crippen LogP) is 2.39. The molecule has 0 aliphatic heterocycles. The Bertz CT molecular complexity index is 643. The predicted molar refractivity (Wildman–Crippen MR) is 81.4 cm³/mol. The van der Waals surface area contributed by atoms with Gasteiger partial charge in [-0.05, 0) is 43.2 Å². The number of benzene rings is 2. The second-order valence-electron chi connectivity index (χ2n) is 4.83. The number of hydrogen-bond donors (Lipinski definition) is 3. The summed E-state index contributed by atoms with van der Waals surface area (Å²) in [6.45, 7) is 2.34. The molecule has 0 spiro atoms. The van der Waals surface area contributed by atoms with Gasteiger partial charge in [-0.3, -0.25) is 10.6 Å². The molecular weight excluding hydrogens is 269 g/mol. The molecule has 2 rings (SSSR count). The number of rotatable bonds is 5. The van der Waals surface area contributed by atoms with Crippen LogP contribution < -0.4 is 16.6 Å². The molecule has 0 aliphatic carbocycles. The molecule has 0 aromatic heterocycles. The molecule has 4 N–H and O–H groups in total. The van der Waals surface area contributed by atoms with Crippen molar-refractivity contribution in [3.63, 3.8) is 0 Å². The first-order chi connectivity index (χ1) is 10.1. The highest BCUT2D eigenvalue weighted by Gasteiger charge is 2.10. The monoisotopic (exact) mass is 287 g/mol. The van der Waals surface area contributed by atoms with E-state index in [1.54, 1.807) is 18.2 Å². The molecule has 0 bridgehead atoms. The lowest BCUT2D eigenvalue weighted by Crippen LogP contribution is -2.27. The fraction of sp³-hybridized carbons (Fsp3) is 0.188. The van der Waals surface area contributed by atoms with Gasteiger partial charge < -0.3 is 10.7 Å². The van der Waals surface area contributed by atoms with E-state index in [4.69, 9.17) is 5.84 Å². The first-order valence-corrected chi connectivity index (χ1v) is 6.70. The molecule has 0 saturated heterocycles. The lowest BCUT2D eigenvalue weighted by atomic mass is 10.1. The van der Waals surface area contributed by atoms with Crippen LogP contribution in [0.2, 0.25) is 0 Å². The Morgan fingerprint density at radius 2 is 2.05 bits per heavy atom. The largest absolute Gasteiger partial charge is 0.352 e. The number of halogens is 1. The van der Waals surface area contributed by atoms with E-state index in [1.807, 2.05) is 19.1 Å². The maximum Gasteiger partial charge on any atom is 0.253 e. The molecule has 0 radical (unpaired) electrons. The van der Waals surface area contributed by atoms with Crippen LogP contribution in [0.4, 0.5) is 10.1 Å². The molecule has 110 valence electrons. The van der Waals surface area contributed by atoms with Gasteiger partial charge in [-0.1, -0.05) is 23.8 Å². The molecule has 0 fully saturated rings. The minimum atomic E-state index is -0.271. The molecular formula is C16H18FN3O. The number of anilines is 1. The molecule has 0 aliphatic rings. The molecule has 21 heavy (non-hydrogen) atoms. The van der Waals surface area contributed by atoms with Crippen LogP contribution in [0.15, 0.2) is 42.5 Å². The smallest absolute Gasteiger partial charge is 0.253 e. The van der Waals surface area contributed by atoms with Crippen molar-refractivity contribution in [1.82, 2.24) is 5.32 Å². The highest BCUT2D eigenvalue weighted by atomic mass is 19.1. The van der Waals surface area contributed by atoms with Crippen molar-refractivity contribution in [2.24, 2.45) is 5.84 Å². The number of carbonyl (C=O) groups is 1. The van der Waals surface area contributed by atoms with Gasteiger partial charge in [0, 0.05) is 6.54 Å². The van der Waals surface area contributed by atoms with Crippen molar-refractivity contribution in [3.05, 3.63) is 65.0 Å². The van der Waals surface area contributed by atoms with Gasteiger partial charge in [0.2, 0.25) is 0 Å². The third-order valence-electron chi connectivity index (χ3n) is 3.16. The van der Waals surface area contributed by atoms with E-state index >= 15 is 0 Å². The van der Waals surface area contributed by atoms with Gasteiger partial charge in [0.05, 0.1) is 11.3 Å². The van der Waals surface area contributed by atoms with Crippen LogP contribution in [0.3, 0.4) is 0 Å². The lowest BCUT2D eigenvalue weighted by molar-refractivity contribution is 0.0955. The van der Waals surface area contributed by atoms with Crippen LogP contribution in [-0.4, -0.2) is 12.5 Å². The Kier molecular flexibility index (Phi) is 4.90. The van der Waals surface area contributed by atoms with E-state index < -0.39 is 0 Å². The summed E-state index contributed by atoms with van der Waals surface area (Å²) in [5.41, 5.74) is 5.40. The molecule has 0 heterocycles. The maximum absolute atomic E-state index is 13.1. The quantitative estimate of drug-likeness (QED) is 0.584. The molecule has 0 saturated carbocycles. The minimum absolute atomic E-state index is 0.206. The topological polar surface area (TPSA) is 67.1 Å². The van der Waals surface area contributed by atoms with Crippen molar-refractivity contribution in [2.45, 2.75) is 13.3 Å². The van der Waals surface area contributed by atoms with Gasteiger partial charge in [0.25, 0.3) is 5.91 Å². The van der Waals surface area contributed by atoms with Gasteiger partial charge >= 0.3 is 0 Å². The third-order valence-corrected chi connectivity index (χ3v) is 3.16. The first-order valence-electron chi connectivity index (χ1n) is 6.70. The SMILES string of the molecule is Cc1ccc(NN)c(C(=O)NCCc2cccc(F)c2)c1. The number of hydrazine groups is 1. The van der Waals surface area contributed by atoms with E-state index in [0.29, 0.717) is 24.2 Å². The number of carbonyl (C=O) groups excluding carboxylic acids is 1. The van der Waals surface area contributed by atoms with Crippen molar-refractivity contribution < 1.29 is 9.18 Å². The number of nitrogens with two attached hydrogens (primary N) is 1. The van der Waals surface area contributed by atoms with E-state index in [1.165, 1.54) is 12.1 Å². The molecule has 2 aromatic carbocycles. The summed E-state index contributed by atoms with van der Waals surface area (Å²) in [6, 6.07) is 11.8. The maximum atomic E-state index is 13.1. The zero-order valence-electron chi connectivity index (χ0n) is 11.8. The number of aryl methyl sites for hydroxylation is 1. The standard InChI is InChI=1S/C16H18FN3O/c1-11-5-6-15(20-18)14(9-11)16(21)19-8-7-12-3-2-4-13(17)10-12/h2-6,9-10,20H,7-8,18H2,1H3,(H,19,21). The van der Waals surface area contributed by atoms with E-state index in [0.717, 1.165) is 11.1 Å². The highest BCUT2D eigenvalue weighted by Crippen LogP contribution is 2.16. The van der Waals surface area contributed by atoms with Gasteiger partial charge in [0.15, 0.2) is 0 Å². The Labute approximate surface area is 123 Å². The molecule has 2 aromatic rings. The van der Waals surface area contributed by atoms with Crippen LogP contribution in [0.25, 0.3) is 0 Å². The van der Waals surface area contributed by atoms with Crippen molar-refractivity contribution >= 4 is 11.6 Å². The number of amides is 1. The summed E-state index contributed by atoms with van der Waals surface area (Å²) in [4.78, 5) is 12.2. The summed E-state index contributed by atoms with van der Waals surface area (Å²) in [7, 11) is 0. The fourth-order valence-electron chi connectivity index (χ4n) is 2.08. The van der Waals surface area contributed by atoms with E-state index in [9.17, 15) is 9.18 Å². The Balaban J connectivity index is 1.97. The van der Waals surface area contributed by atoms with Crippen molar-refractivity contribution in [3.8, 4) is 0 Å². The summed E-state index contributed by atoms with van der Waals surface area (Å²) in [5, 5.41) is 2.81. The van der Waals surface area contributed by atoms with Crippen LogP contribution in [-0.2, 0) is 6.42 Å². The molecule has 1 amide bonds. The lowest BCUT2D eigenvalue weighted by Gasteiger charge is -2.10. The zero-order chi connectivity index (χ0) is 15.2. The highest BCUT2D eigenvalue weighted by molar-refractivity contribution is 5.99. The number of nitrogens with one attached hydrogen (secondary N) is 2. The van der Waals surface area contributed by atoms with Gasteiger partial charge in [-0.2, -0.15) is 0 Å². The number of hydrogen-bond acceptors (Lipinski definition) is 3. The van der Waals surface area contributed by atoms with Crippen LogP contribution in [0.1, 0.15) is 21.5 Å². The summed E-state index contributed by atoms with van der Waals surface area (Å²) in [6.07, 6.45) is 0.570. The molecule has 0 unspecified atom stereocenters. The molecule has 4 nitrogen and oxygen atoms in total. The fourth-order valence-corrected chi connectivity index (χ4v) is 2.08. The Morgan fingerprint density at radius 1 is 1.24 bits per heavy atom. The van der Waals surface area contributed by atoms with Crippen LogP contribution in [0, 0.1) is 12.7 Å². The second-order valence-corrected chi connectivity index (χ2v) is 4.83. The summed E-state index contributed by atoms with van der Waals surface area (Å²) in [5.74, 6) is 4.93. The van der Waals surface area contributed by atoms with E-state index in [-0.39, 0.29) is 11.7 Å². The zero-order valence-corrected chi connectivity index (χ0v) is 11.8. The van der Waals surface area contributed by atoms with Crippen LogP contribution >= 0.6 is 0 Å². The normalized spacial score (nSPS) is 10.2. The summed E-state index contributed by atoms with van der Waals surface area (Å²) < 4.78 is 13.1. The Morgan fingerprint density at radius 3 is 2.76 bits per heavy atom. The van der Waals surface area contributed by atoms with E-state index in [2.05, 4.69) is 10.7 Å². The second kappa shape index (κ2) is 6.85. The minimum Gasteiger partial charge on any atom is -0.352 e. The average molecular weight is 287 g/mol. The molecule has 0 atom stereocenters. The first kappa shape index (κ1) is 15.0. The van der Waals surface area contributed by atoms with Gasteiger partial charge in [-0.25, -0.2) is 4.39 Å². The molecule has 5 heteroatoms. The van der Waals surface area contributed by atoms with Gasteiger partial charge in [0.1, 0.15) is 5.82 Å². The van der Waals surface area contributed by atoms with Crippen molar-refractivity contribution in [2.75, 3.05) is 12.0 Å².